The lowest BCUT2D eigenvalue weighted by atomic mass is 9.87. The van der Waals surface area contributed by atoms with E-state index in [0.29, 0.717) is 22.6 Å². The number of aromatic nitrogens is 9. The van der Waals surface area contributed by atoms with Crippen molar-refractivity contribution >= 4 is 74.2 Å². The normalized spacial score (nSPS) is 13.7. The SMILES string of the molecule is C=C(c1ncco1)C(C)(C)C.CC(C)(C)C(O)c1ncco1.CC(C)(C)C1NC(=O)NC1=O.CC(C)(C)c1cccs1.CC(C)(C)c1ccsc1.CC(C)(C)c1cncs1.CC(C)(C)c1cscn1.CC(C)(C)c1ncco1.CC(C)(C)c1nccs1.CC(C)(C)c1ncn[nH]1. The van der Waals surface area contributed by atoms with Gasteiger partial charge in [0.15, 0.2) is 5.89 Å². The average molecular weight is 1420 g/mol. The van der Waals surface area contributed by atoms with Crippen LogP contribution in [0.4, 0.5) is 4.79 Å². The van der Waals surface area contributed by atoms with Gasteiger partial charge in [0, 0.05) is 60.1 Å². The summed E-state index contributed by atoms with van der Waals surface area (Å²) in [7, 11) is 0. The molecule has 0 spiro atoms. The fourth-order valence-electron chi connectivity index (χ4n) is 6.78. The zero-order valence-electron chi connectivity index (χ0n) is 63.4. The molecule has 0 saturated carbocycles. The Morgan fingerprint density at radius 1 is 0.552 bits per heavy atom. The van der Waals surface area contributed by atoms with Crippen LogP contribution in [0.2, 0.25) is 0 Å². The number of aliphatic hydroxyl groups is 1. The summed E-state index contributed by atoms with van der Waals surface area (Å²) in [5.74, 6) is 2.52. The quantitative estimate of drug-likeness (QED) is 0.118. The van der Waals surface area contributed by atoms with Crippen molar-refractivity contribution in [3.63, 3.8) is 0 Å². The summed E-state index contributed by atoms with van der Waals surface area (Å²) in [6.07, 6.45) is 14.1. The van der Waals surface area contributed by atoms with E-state index in [-0.39, 0.29) is 49.2 Å². The molecule has 534 valence electrons. The van der Waals surface area contributed by atoms with Crippen LogP contribution in [0.25, 0.3) is 5.57 Å². The second-order valence-corrected chi connectivity index (χ2v) is 37.2. The number of aromatic amines is 1. The maximum Gasteiger partial charge on any atom is 0.322 e. The van der Waals surface area contributed by atoms with Gasteiger partial charge in [-0.1, -0.05) is 220 Å². The third-order valence-electron chi connectivity index (χ3n) is 13.0. The van der Waals surface area contributed by atoms with Gasteiger partial charge < -0.3 is 23.7 Å². The molecule has 10 rings (SSSR count). The molecule has 1 fully saturated rings. The first-order valence-electron chi connectivity index (χ1n) is 32.0. The summed E-state index contributed by atoms with van der Waals surface area (Å²) < 4.78 is 15.2. The summed E-state index contributed by atoms with van der Waals surface area (Å²) in [5.41, 5.74) is 8.46. The van der Waals surface area contributed by atoms with Gasteiger partial charge in [-0.3, -0.25) is 20.2 Å². The van der Waals surface area contributed by atoms with Crippen molar-refractivity contribution in [2.45, 2.75) is 258 Å². The Balaban J connectivity index is 0.000000534. The van der Waals surface area contributed by atoms with E-state index in [0.717, 1.165) is 17.3 Å². The molecule has 4 N–H and O–H groups in total. The van der Waals surface area contributed by atoms with Gasteiger partial charge in [0.05, 0.1) is 40.3 Å². The summed E-state index contributed by atoms with van der Waals surface area (Å²) in [5, 5.41) is 32.7. The molecule has 1 aliphatic rings. The Labute approximate surface area is 596 Å². The maximum atomic E-state index is 11.0. The molecule has 1 saturated heterocycles. The first-order chi connectivity index (χ1) is 43.7. The van der Waals surface area contributed by atoms with Gasteiger partial charge in [0.1, 0.15) is 43.1 Å². The number of aliphatic hydroxyl groups excluding tert-OH is 1. The molecule has 2 unspecified atom stereocenters. The van der Waals surface area contributed by atoms with Crippen LogP contribution in [-0.4, -0.2) is 68.2 Å². The highest BCUT2D eigenvalue weighted by Gasteiger charge is 2.38. The van der Waals surface area contributed by atoms with E-state index in [9.17, 15) is 14.7 Å². The van der Waals surface area contributed by atoms with Crippen molar-refractivity contribution < 1.29 is 27.9 Å². The molecule has 96 heavy (non-hydrogen) atoms. The van der Waals surface area contributed by atoms with Crippen molar-refractivity contribution in [1.82, 2.24) is 55.7 Å². The molecule has 0 aliphatic carbocycles. The summed E-state index contributed by atoms with van der Waals surface area (Å²) >= 11 is 8.69. The molecule has 9 aromatic rings. The minimum absolute atomic E-state index is 0.0326. The molecule has 0 bridgehead atoms. The Bertz CT molecular complexity index is 2960. The molecule has 0 aromatic carbocycles. The van der Waals surface area contributed by atoms with Gasteiger partial charge >= 0.3 is 6.03 Å². The van der Waals surface area contributed by atoms with E-state index in [1.54, 1.807) is 70.3 Å². The lowest BCUT2D eigenvalue weighted by Crippen LogP contribution is -2.41. The number of hydrogen-bond acceptors (Lipinski definition) is 19. The van der Waals surface area contributed by atoms with Crippen LogP contribution in [0.15, 0.2) is 132 Å². The van der Waals surface area contributed by atoms with Crippen LogP contribution in [0.1, 0.15) is 263 Å². The van der Waals surface area contributed by atoms with Gasteiger partial charge in [0.25, 0.3) is 5.91 Å². The molecule has 10 heterocycles. The Kier molecular flexibility index (Phi) is 34.9. The van der Waals surface area contributed by atoms with Crippen molar-refractivity contribution in [2.24, 2.45) is 16.2 Å². The second kappa shape index (κ2) is 38.2. The van der Waals surface area contributed by atoms with E-state index >= 15 is 0 Å². The van der Waals surface area contributed by atoms with E-state index in [4.69, 9.17) is 13.3 Å². The number of thiazole rings is 3. The Morgan fingerprint density at radius 3 is 1.40 bits per heavy atom. The van der Waals surface area contributed by atoms with Crippen molar-refractivity contribution in [1.29, 1.82) is 0 Å². The molecule has 1 aliphatic heterocycles. The number of imide groups is 1. The molecular formula is C74H117N11O6S5. The van der Waals surface area contributed by atoms with E-state index in [2.05, 4.69) is 268 Å². The van der Waals surface area contributed by atoms with E-state index < -0.39 is 18.2 Å². The van der Waals surface area contributed by atoms with Gasteiger partial charge in [-0.05, 0) is 66.3 Å². The number of carbonyl (C=O) groups is 2. The van der Waals surface area contributed by atoms with Gasteiger partial charge in [-0.25, -0.2) is 34.7 Å². The number of nitrogens with one attached hydrogen (secondary N) is 3. The fraction of sp³-hybridized carbons (Fsp3) is 0.568. The summed E-state index contributed by atoms with van der Waals surface area (Å²) in [6, 6.07) is 5.69. The average Bonchev–Trinajstić information content (AvgIpc) is 1.72. The predicted octanol–water partition coefficient (Wildman–Crippen LogP) is 21.2. The van der Waals surface area contributed by atoms with E-state index in [1.165, 1.54) is 44.8 Å². The van der Waals surface area contributed by atoms with Crippen LogP contribution in [-0.2, 0) is 42.7 Å². The number of H-pyrrole nitrogens is 1. The monoisotopic (exact) mass is 1420 g/mol. The molecule has 9 aromatic heterocycles. The van der Waals surface area contributed by atoms with Crippen LogP contribution < -0.4 is 10.6 Å². The summed E-state index contributed by atoms with van der Waals surface area (Å²) in [4.78, 5) is 52.9. The highest BCUT2D eigenvalue weighted by Crippen LogP contribution is 2.33. The molecule has 2 atom stereocenters. The van der Waals surface area contributed by atoms with Crippen molar-refractivity contribution in [3.8, 4) is 0 Å². The first kappa shape index (κ1) is 87.7. The van der Waals surface area contributed by atoms with Gasteiger partial charge in [-0.2, -0.15) is 16.4 Å². The number of allylic oxidation sites excluding steroid dienone is 1. The third-order valence-corrected chi connectivity index (χ3v) is 18.0. The fourth-order valence-corrected chi connectivity index (χ4v) is 10.7. The first-order valence-corrected chi connectivity index (χ1v) is 36.5. The number of nitrogens with zero attached hydrogens (tertiary/aromatic N) is 8. The zero-order chi connectivity index (χ0) is 74.0. The number of hydrogen-bond donors (Lipinski definition) is 4. The number of rotatable bonds is 2. The highest BCUT2D eigenvalue weighted by atomic mass is 32.1. The van der Waals surface area contributed by atoms with Crippen molar-refractivity contribution in [2.75, 3.05) is 0 Å². The number of carbonyl (C=O) groups excluding carboxylic acids is 2. The lowest BCUT2D eigenvalue weighted by molar-refractivity contribution is -0.122. The zero-order valence-corrected chi connectivity index (χ0v) is 67.5. The minimum atomic E-state index is -0.627. The third kappa shape index (κ3) is 35.3. The number of amides is 3. The second-order valence-electron chi connectivity index (χ2n) is 33.0. The lowest BCUT2D eigenvalue weighted by Gasteiger charge is -2.23. The minimum Gasteiger partial charge on any atom is -0.448 e. The maximum absolute atomic E-state index is 11.0. The summed E-state index contributed by atoms with van der Waals surface area (Å²) in [6.45, 7) is 67.2. The predicted molar refractivity (Wildman–Crippen MR) is 405 cm³/mol. The van der Waals surface area contributed by atoms with Crippen LogP contribution in [0.5, 0.6) is 0 Å². The number of thiophene rings is 2. The Morgan fingerprint density at radius 2 is 1.15 bits per heavy atom. The van der Waals surface area contributed by atoms with E-state index in [1.807, 2.05) is 81.7 Å². The topological polar surface area (TPSA) is 237 Å². The van der Waals surface area contributed by atoms with Gasteiger partial charge in [0.2, 0.25) is 11.8 Å². The Hall–Kier alpha value is -6.30. The highest BCUT2D eigenvalue weighted by molar-refractivity contribution is 7.10. The van der Waals surface area contributed by atoms with Crippen LogP contribution in [0.3, 0.4) is 0 Å². The molecule has 0 radical (unpaired) electrons. The smallest absolute Gasteiger partial charge is 0.322 e. The molecule has 22 heteroatoms. The van der Waals surface area contributed by atoms with Crippen LogP contribution >= 0.6 is 56.7 Å². The molecular weight excluding hydrogens is 1300 g/mol. The standard InChI is InChI=1S/C9H13NO.C8H13NO2.2C8H12S.C7H12N2O2.C7H11NO.3C7H11NS.C6H11N3/c1-7(9(2,3)4)8-10-5-6-11-8;1-8(2,3)6(10)7-9-4-5-11-7;1-8(2,3)7-4-5-9-6-7;1-8(2,3)7-5-4-6-9-7;1-7(2,3)4-5(10)9-6(11)8-4;1-7(2,3)6-8-4-5-9-6;1-7(2,3)6-4-9-5-8-6;1-7(2,3)6-4-8-5-9-6;1-7(2,3)6-8-4-5-9-6;1-6(2,3)5-7-4-8-9-5/h5-6H,1H2,2-4H3;4-6,10H,1-3H3;2*4-6H,1-3H3;4H,1-3H3,(H2,8,9,10,11);4*4-5H,1-3H3;4H,1-3H3,(H,7,8,9). The largest absolute Gasteiger partial charge is 0.448 e. The number of urea groups is 1. The molecule has 3 amide bonds. The number of oxazole rings is 3. The molecule has 17 nitrogen and oxygen atoms in total. The van der Waals surface area contributed by atoms with Crippen LogP contribution in [0, 0.1) is 16.2 Å². The van der Waals surface area contributed by atoms with Crippen molar-refractivity contribution in [3.05, 3.63) is 168 Å². The van der Waals surface area contributed by atoms with Gasteiger partial charge in [-0.15, -0.1) is 45.3 Å².